The molecular formula is C13H18N2O3. The number of rotatable bonds is 6. The van der Waals surface area contributed by atoms with Gasteiger partial charge in [-0.25, -0.2) is 4.79 Å². The van der Waals surface area contributed by atoms with Crippen LogP contribution in [0.25, 0.3) is 0 Å². The quantitative estimate of drug-likeness (QED) is 0.591. The molecule has 1 rings (SSSR count). The molecule has 0 aliphatic heterocycles. The molecule has 0 aromatic heterocycles. The van der Waals surface area contributed by atoms with Crippen molar-refractivity contribution in [2.45, 2.75) is 13.3 Å². The first-order valence-corrected chi connectivity index (χ1v) is 5.86. The number of esters is 1. The van der Waals surface area contributed by atoms with E-state index in [2.05, 4.69) is 15.4 Å². The number of carbonyl (C=O) groups excluding carboxylic acids is 2. The van der Waals surface area contributed by atoms with E-state index in [1.807, 2.05) is 6.92 Å². The van der Waals surface area contributed by atoms with Crippen molar-refractivity contribution in [3.05, 3.63) is 29.8 Å². The first-order valence-electron chi connectivity index (χ1n) is 5.86. The Kier molecular flexibility index (Phi) is 5.87. The Labute approximate surface area is 107 Å². The molecule has 0 bridgehead atoms. The average Bonchev–Trinajstić information content (AvgIpc) is 2.38. The summed E-state index contributed by atoms with van der Waals surface area (Å²) in [6, 6.07) is 6.64. The van der Waals surface area contributed by atoms with Crippen LogP contribution in [-0.4, -0.2) is 32.1 Å². The zero-order valence-electron chi connectivity index (χ0n) is 10.7. The predicted molar refractivity (Wildman–Crippen MR) is 69.6 cm³/mol. The summed E-state index contributed by atoms with van der Waals surface area (Å²) in [5, 5.41) is 5.71. The summed E-state index contributed by atoms with van der Waals surface area (Å²) in [4.78, 5) is 22.9. The number of hydrogen-bond acceptors (Lipinski definition) is 4. The molecule has 2 N–H and O–H groups in total. The maximum atomic E-state index is 11.5. The van der Waals surface area contributed by atoms with Crippen LogP contribution in [0.4, 0.5) is 5.69 Å². The number of methoxy groups -OCH3 is 1. The van der Waals surface area contributed by atoms with Gasteiger partial charge in [-0.1, -0.05) is 13.0 Å². The minimum absolute atomic E-state index is 0.134. The highest BCUT2D eigenvalue weighted by molar-refractivity contribution is 5.95. The van der Waals surface area contributed by atoms with E-state index < -0.39 is 5.97 Å². The van der Waals surface area contributed by atoms with Gasteiger partial charge in [0, 0.05) is 5.69 Å². The van der Waals surface area contributed by atoms with Crippen molar-refractivity contribution in [2.24, 2.45) is 0 Å². The second-order valence-corrected chi connectivity index (χ2v) is 3.80. The minimum Gasteiger partial charge on any atom is -0.465 e. The van der Waals surface area contributed by atoms with Gasteiger partial charge in [0.15, 0.2) is 0 Å². The smallest absolute Gasteiger partial charge is 0.337 e. The summed E-state index contributed by atoms with van der Waals surface area (Å²) in [7, 11) is 1.32. The number of benzene rings is 1. The standard InChI is InChI=1S/C13H18N2O3/c1-3-7-14-9-12(16)15-11-6-4-5-10(8-11)13(17)18-2/h4-6,8,14H,3,7,9H2,1-2H3,(H,15,16). The van der Waals surface area contributed by atoms with Crippen LogP contribution < -0.4 is 10.6 Å². The van der Waals surface area contributed by atoms with E-state index in [1.54, 1.807) is 24.3 Å². The van der Waals surface area contributed by atoms with E-state index in [-0.39, 0.29) is 12.5 Å². The Balaban J connectivity index is 2.56. The summed E-state index contributed by atoms with van der Waals surface area (Å²) >= 11 is 0. The fraction of sp³-hybridized carbons (Fsp3) is 0.385. The van der Waals surface area contributed by atoms with Gasteiger partial charge in [0.1, 0.15) is 0 Å². The number of amides is 1. The van der Waals surface area contributed by atoms with Gasteiger partial charge in [-0.3, -0.25) is 4.79 Å². The van der Waals surface area contributed by atoms with Crippen LogP contribution in [0.1, 0.15) is 23.7 Å². The minimum atomic E-state index is -0.421. The monoisotopic (exact) mass is 250 g/mol. The Morgan fingerprint density at radius 3 is 2.78 bits per heavy atom. The molecule has 18 heavy (non-hydrogen) atoms. The highest BCUT2D eigenvalue weighted by Gasteiger charge is 2.07. The molecular weight excluding hydrogens is 232 g/mol. The van der Waals surface area contributed by atoms with E-state index in [4.69, 9.17) is 0 Å². The first-order chi connectivity index (χ1) is 8.67. The van der Waals surface area contributed by atoms with Crippen LogP contribution >= 0.6 is 0 Å². The topological polar surface area (TPSA) is 67.4 Å². The van der Waals surface area contributed by atoms with Crippen LogP contribution in [0.3, 0.4) is 0 Å². The summed E-state index contributed by atoms with van der Waals surface area (Å²) in [5.41, 5.74) is 0.998. The van der Waals surface area contributed by atoms with E-state index >= 15 is 0 Å². The molecule has 1 aromatic carbocycles. The molecule has 0 radical (unpaired) electrons. The lowest BCUT2D eigenvalue weighted by Gasteiger charge is -2.07. The van der Waals surface area contributed by atoms with Gasteiger partial charge in [0.2, 0.25) is 5.91 Å². The molecule has 0 atom stereocenters. The second kappa shape index (κ2) is 7.45. The van der Waals surface area contributed by atoms with Crippen LogP contribution in [0, 0.1) is 0 Å². The molecule has 0 saturated carbocycles. The lowest BCUT2D eigenvalue weighted by atomic mass is 10.2. The van der Waals surface area contributed by atoms with Crippen molar-refractivity contribution in [1.29, 1.82) is 0 Å². The van der Waals surface area contributed by atoms with Crippen molar-refractivity contribution < 1.29 is 14.3 Å². The lowest BCUT2D eigenvalue weighted by Crippen LogP contribution is -2.28. The highest BCUT2D eigenvalue weighted by Crippen LogP contribution is 2.11. The van der Waals surface area contributed by atoms with Gasteiger partial charge in [0.05, 0.1) is 19.2 Å². The van der Waals surface area contributed by atoms with Gasteiger partial charge in [0.25, 0.3) is 0 Å². The molecule has 5 heteroatoms. The van der Waals surface area contributed by atoms with E-state index in [9.17, 15) is 9.59 Å². The average molecular weight is 250 g/mol. The fourth-order valence-electron chi connectivity index (χ4n) is 1.43. The van der Waals surface area contributed by atoms with Crippen molar-refractivity contribution in [3.8, 4) is 0 Å². The van der Waals surface area contributed by atoms with Gasteiger partial charge < -0.3 is 15.4 Å². The van der Waals surface area contributed by atoms with Crippen molar-refractivity contribution in [2.75, 3.05) is 25.5 Å². The molecule has 0 saturated heterocycles. The normalized spacial score (nSPS) is 9.89. The van der Waals surface area contributed by atoms with Gasteiger partial charge in [-0.15, -0.1) is 0 Å². The lowest BCUT2D eigenvalue weighted by molar-refractivity contribution is -0.115. The predicted octanol–water partition coefficient (Wildman–Crippen LogP) is 1.41. The number of anilines is 1. The van der Waals surface area contributed by atoms with Gasteiger partial charge in [-0.2, -0.15) is 0 Å². The van der Waals surface area contributed by atoms with Crippen LogP contribution in [0.15, 0.2) is 24.3 Å². The van der Waals surface area contributed by atoms with E-state index in [0.717, 1.165) is 13.0 Å². The number of nitrogens with one attached hydrogen (secondary N) is 2. The summed E-state index contributed by atoms with van der Waals surface area (Å²) in [5.74, 6) is -0.555. The summed E-state index contributed by atoms with van der Waals surface area (Å²) < 4.78 is 4.61. The number of carbonyl (C=O) groups is 2. The van der Waals surface area contributed by atoms with Crippen LogP contribution in [0.5, 0.6) is 0 Å². The maximum Gasteiger partial charge on any atom is 0.337 e. The number of ether oxygens (including phenoxy) is 1. The second-order valence-electron chi connectivity index (χ2n) is 3.80. The van der Waals surface area contributed by atoms with Crippen molar-refractivity contribution in [3.63, 3.8) is 0 Å². The third-order valence-corrected chi connectivity index (χ3v) is 2.28. The van der Waals surface area contributed by atoms with Crippen LogP contribution in [0.2, 0.25) is 0 Å². The number of hydrogen-bond donors (Lipinski definition) is 2. The SMILES string of the molecule is CCCNCC(=O)Nc1cccc(C(=O)OC)c1. The van der Waals surface area contributed by atoms with Gasteiger partial charge in [-0.05, 0) is 31.2 Å². The summed E-state index contributed by atoms with van der Waals surface area (Å²) in [6.07, 6.45) is 0.977. The van der Waals surface area contributed by atoms with E-state index in [0.29, 0.717) is 11.3 Å². The van der Waals surface area contributed by atoms with Crippen molar-refractivity contribution >= 4 is 17.6 Å². The van der Waals surface area contributed by atoms with Crippen LogP contribution in [-0.2, 0) is 9.53 Å². The van der Waals surface area contributed by atoms with Gasteiger partial charge >= 0.3 is 5.97 Å². The first kappa shape index (κ1) is 14.2. The largest absolute Gasteiger partial charge is 0.465 e. The zero-order chi connectivity index (χ0) is 13.4. The Morgan fingerprint density at radius 2 is 2.11 bits per heavy atom. The molecule has 0 spiro atoms. The third-order valence-electron chi connectivity index (χ3n) is 2.28. The van der Waals surface area contributed by atoms with E-state index in [1.165, 1.54) is 7.11 Å². The Hall–Kier alpha value is -1.88. The molecule has 1 amide bonds. The third kappa shape index (κ3) is 4.55. The Morgan fingerprint density at radius 1 is 1.33 bits per heavy atom. The molecule has 0 heterocycles. The molecule has 0 fully saturated rings. The molecule has 98 valence electrons. The Bertz CT molecular complexity index is 418. The molecule has 0 aliphatic carbocycles. The molecule has 0 aliphatic rings. The van der Waals surface area contributed by atoms with Crippen molar-refractivity contribution in [1.82, 2.24) is 5.32 Å². The highest BCUT2D eigenvalue weighted by atomic mass is 16.5. The zero-order valence-corrected chi connectivity index (χ0v) is 10.7. The summed E-state index contributed by atoms with van der Waals surface area (Å²) in [6.45, 7) is 3.09. The molecule has 5 nitrogen and oxygen atoms in total. The molecule has 0 unspecified atom stereocenters. The maximum absolute atomic E-state index is 11.5. The molecule has 1 aromatic rings. The fourth-order valence-corrected chi connectivity index (χ4v) is 1.43.